The second-order valence-corrected chi connectivity index (χ2v) is 5.11. The zero-order valence-corrected chi connectivity index (χ0v) is 9.25. The Bertz CT molecular complexity index is 340. The maximum Gasteiger partial charge on any atom is 0.0540 e. The first kappa shape index (κ1) is 9.71. The molecule has 1 atom stereocenters. The molecule has 0 bridgehead atoms. The Morgan fingerprint density at radius 2 is 2.14 bits per heavy atom. The Labute approximate surface area is 85.3 Å². The second-order valence-electron chi connectivity index (χ2n) is 5.11. The molecule has 0 radical (unpaired) electrons. The van der Waals surface area contributed by atoms with Crippen LogP contribution in [0.4, 0.5) is 0 Å². The van der Waals surface area contributed by atoms with E-state index in [1.807, 2.05) is 24.1 Å². The third kappa shape index (κ3) is 1.19. The number of rotatable bonds is 1. The molecule has 2 rings (SSSR count). The van der Waals surface area contributed by atoms with E-state index in [1.165, 1.54) is 18.4 Å². The summed E-state index contributed by atoms with van der Waals surface area (Å²) < 4.78 is 1.83. The molecule has 1 saturated carbocycles. The maximum absolute atomic E-state index is 6.52. The summed E-state index contributed by atoms with van der Waals surface area (Å²) in [5.41, 5.74) is 7.71. The number of nitrogens with zero attached hydrogens (tertiary/aromatic N) is 2. The highest BCUT2D eigenvalue weighted by Gasteiger charge is 2.47. The van der Waals surface area contributed by atoms with Crippen LogP contribution in [0.15, 0.2) is 12.4 Å². The molecule has 1 aliphatic carbocycles. The van der Waals surface area contributed by atoms with Gasteiger partial charge in [0.05, 0.1) is 6.20 Å². The Balaban J connectivity index is 2.41. The quantitative estimate of drug-likeness (QED) is 0.739. The van der Waals surface area contributed by atoms with Crippen molar-refractivity contribution < 1.29 is 0 Å². The van der Waals surface area contributed by atoms with Crippen LogP contribution in [0.5, 0.6) is 0 Å². The SMILES string of the molecule is Cn1cc(C2(N)CCCC2(C)C)cn1. The van der Waals surface area contributed by atoms with E-state index in [9.17, 15) is 0 Å². The molecule has 3 heteroatoms. The highest BCUT2D eigenvalue weighted by atomic mass is 15.2. The summed E-state index contributed by atoms with van der Waals surface area (Å²) in [6.07, 6.45) is 7.46. The minimum absolute atomic E-state index is 0.179. The molecule has 0 aliphatic heterocycles. The lowest BCUT2D eigenvalue weighted by Crippen LogP contribution is -2.45. The molecule has 0 aromatic carbocycles. The van der Waals surface area contributed by atoms with E-state index >= 15 is 0 Å². The highest BCUT2D eigenvalue weighted by Crippen LogP contribution is 2.50. The van der Waals surface area contributed by atoms with E-state index in [1.54, 1.807) is 0 Å². The first-order valence-electron chi connectivity index (χ1n) is 5.24. The van der Waals surface area contributed by atoms with Gasteiger partial charge in [0.1, 0.15) is 0 Å². The molecule has 1 aromatic rings. The standard InChI is InChI=1S/C11H19N3/c1-10(2)5-4-6-11(10,12)9-7-13-14(3)8-9/h7-8H,4-6,12H2,1-3H3. The summed E-state index contributed by atoms with van der Waals surface area (Å²) in [7, 11) is 1.94. The van der Waals surface area contributed by atoms with Crippen LogP contribution in [0.2, 0.25) is 0 Å². The van der Waals surface area contributed by atoms with Crippen molar-refractivity contribution in [1.29, 1.82) is 0 Å². The number of nitrogens with two attached hydrogens (primary N) is 1. The monoisotopic (exact) mass is 193 g/mol. The number of hydrogen-bond acceptors (Lipinski definition) is 2. The molecule has 78 valence electrons. The average Bonchev–Trinajstić information content (AvgIpc) is 2.60. The first-order valence-corrected chi connectivity index (χ1v) is 5.24. The Morgan fingerprint density at radius 3 is 2.57 bits per heavy atom. The maximum atomic E-state index is 6.52. The fraction of sp³-hybridized carbons (Fsp3) is 0.727. The van der Waals surface area contributed by atoms with Crippen LogP contribution in [0, 0.1) is 5.41 Å². The summed E-state index contributed by atoms with van der Waals surface area (Å²) in [6, 6.07) is 0. The normalized spacial score (nSPS) is 30.9. The lowest BCUT2D eigenvalue weighted by Gasteiger charge is -2.37. The van der Waals surface area contributed by atoms with Gasteiger partial charge in [0.25, 0.3) is 0 Å². The average molecular weight is 193 g/mol. The van der Waals surface area contributed by atoms with Gasteiger partial charge >= 0.3 is 0 Å². The van der Waals surface area contributed by atoms with Gasteiger partial charge in [0.2, 0.25) is 0 Å². The van der Waals surface area contributed by atoms with E-state index in [0.29, 0.717) is 0 Å². The molecular formula is C11H19N3. The predicted molar refractivity (Wildman–Crippen MR) is 56.7 cm³/mol. The first-order chi connectivity index (χ1) is 6.46. The molecule has 0 amide bonds. The second kappa shape index (κ2) is 2.83. The zero-order chi connectivity index (χ0) is 10.4. The van der Waals surface area contributed by atoms with Crippen LogP contribution in [0.3, 0.4) is 0 Å². The molecule has 0 saturated heterocycles. The Morgan fingerprint density at radius 1 is 1.43 bits per heavy atom. The van der Waals surface area contributed by atoms with Crippen LogP contribution < -0.4 is 5.73 Å². The van der Waals surface area contributed by atoms with Crippen molar-refractivity contribution in [3.63, 3.8) is 0 Å². The van der Waals surface area contributed by atoms with Gasteiger partial charge in [0, 0.05) is 24.3 Å². The smallest absolute Gasteiger partial charge is 0.0540 e. The molecule has 1 fully saturated rings. The summed E-state index contributed by atoms with van der Waals surface area (Å²) in [5, 5.41) is 4.21. The molecule has 1 aromatic heterocycles. The van der Waals surface area contributed by atoms with Crippen molar-refractivity contribution >= 4 is 0 Å². The molecule has 14 heavy (non-hydrogen) atoms. The number of aromatic nitrogens is 2. The Hall–Kier alpha value is -0.830. The highest BCUT2D eigenvalue weighted by molar-refractivity contribution is 5.23. The minimum atomic E-state index is -0.179. The van der Waals surface area contributed by atoms with Gasteiger partial charge in [-0.3, -0.25) is 4.68 Å². The van der Waals surface area contributed by atoms with E-state index in [4.69, 9.17) is 5.73 Å². The topological polar surface area (TPSA) is 43.8 Å². The van der Waals surface area contributed by atoms with Gasteiger partial charge in [0.15, 0.2) is 0 Å². The van der Waals surface area contributed by atoms with Crippen LogP contribution in [0.25, 0.3) is 0 Å². The van der Waals surface area contributed by atoms with Crippen molar-refractivity contribution in [2.24, 2.45) is 18.2 Å². The van der Waals surface area contributed by atoms with Gasteiger partial charge < -0.3 is 5.73 Å². The molecule has 3 nitrogen and oxygen atoms in total. The molecule has 1 unspecified atom stereocenters. The van der Waals surface area contributed by atoms with Crippen molar-refractivity contribution in [3.05, 3.63) is 18.0 Å². The molecule has 2 N–H and O–H groups in total. The summed E-state index contributed by atoms with van der Waals surface area (Å²) in [5.74, 6) is 0. The minimum Gasteiger partial charge on any atom is -0.321 e. The lowest BCUT2D eigenvalue weighted by molar-refractivity contribution is 0.210. The van der Waals surface area contributed by atoms with Crippen LogP contribution in [0.1, 0.15) is 38.7 Å². The van der Waals surface area contributed by atoms with Gasteiger partial charge in [-0.1, -0.05) is 20.3 Å². The van der Waals surface area contributed by atoms with Crippen molar-refractivity contribution in [1.82, 2.24) is 9.78 Å². The van der Waals surface area contributed by atoms with Gasteiger partial charge in [-0.25, -0.2) is 0 Å². The third-order valence-electron chi connectivity index (χ3n) is 3.80. The fourth-order valence-corrected chi connectivity index (χ4v) is 2.56. The third-order valence-corrected chi connectivity index (χ3v) is 3.80. The molecule has 1 heterocycles. The van der Waals surface area contributed by atoms with E-state index < -0.39 is 0 Å². The molecule has 1 aliphatic rings. The summed E-state index contributed by atoms with van der Waals surface area (Å²) >= 11 is 0. The molecule has 0 spiro atoms. The van der Waals surface area contributed by atoms with Crippen LogP contribution in [-0.2, 0) is 12.6 Å². The number of aryl methyl sites for hydroxylation is 1. The van der Waals surface area contributed by atoms with Crippen molar-refractivity contribution in [2.45, 2.75) is 38.6 Å². The van der Waals surface area contributed by atoms with Crippen molar-refractivity contribution in [3.8, 4) is 0 Å². The number of hydrogen-bond donors (Lipinski definition) is 1. The summed E-state index contributed by atoms with van der Waals surface area (Å²) in [6.45, 7) is 4.51. The fourth-order valence-electron chi connectivity index (χ4n) is 2.56. The zero-order valence-electron chi connectivity index (χ0n) is 9.25. The van der Waals surface area contributed by atoms with Gasteiger partial charge in [-0.15, -0.1) is 0 Å². The van der Waals surface area contributed by atoms with E-state index in [2.05, 4.69) is 18.9 Å². The summed E-state index contributed by atoms with van der Waals surface area (Å²) in [4.78, 5) is 0. The lowest BCUT2D eigenvalue weighted by atomic mass is 9.72. The molecular weight excluding hydrogens is 174 g/mol. The Kier molecular flexibility index (Phi) is 1.96. The van der Waals surface area contributed by atoms with Crippen LogP contribution in [-0.4, -0.2) is 9.78 Å². The van der Waals surface area contributed by atoms with Crippen molar-refractivity contribution in [2.75, 3.05) is 0 Å². The predicted octanol–water partition coefficient (Wildman–Crippen LogP) is 1.78. The van der Waals surface area contributed by atoms with Crippen LogP contribution >= 0.6 is 0 Å². The van der Waals surface area contributed by atoms with Gasteiger partial charge in [-0.2, -0.15) is 5.10 Å². The van der Waals surface area contributed by atoms with E-state index in [-0.39, 0.29) is 11.0 Å². The largest absolute Gasteiger partial charge is 0.321 e. The van der Waals surface area contributed by atoms with Gasteiger partial charge in [-0.05, 0) is 18.3 Å². The van der Waals surface area contributed by atoms with E-state index in [0.717, 1.165) is 6.42 Å².